The Balaban J connectivity index is 0.000000490. The molecule has 0 aliphatic rings. The van der Waals surface area contributed by atoms with E-state index in [0.29, 0.717) is 16.7 Å². The molecule has 0 saturated heterocycles. The van der Waals surface area contributed by atoms with E-state index in [1.54, 1.807) is 26.0 Å². The number of aromatic hydroxyl groups is 1. The third kappa shape index (κ3) is 11.8. The number of phenols is 1. The predicted octanol–water partition coefficient (Wildman–Crippen LogP) is 5.66. The molecule has 244 valence electrons. The van der Waals surface area contributed by atoms with E-state index < -0.39 is 10.1 Å². The van der Waals surface area contributed by atoms with E-state index in [9.17, 15) is 33.2 Å². The molecular weight excluding hydrogens is 602 g/mol. The molecule has 13 nitrogen and oxygen atoms in total. The molecule has 3 aromatic rings. The van der Waals surface area contributed by atoms with Gasteiger partial charge in [-0.15, -0.1) is 0 Å². The van der Waals surface area contributed by atoms with Crippen molar-refractivity contribution < 1.29 is 32.4 Å². The summed E-state index contributed by atoms with van der Waals surface area (Å²) < 4.78 is 32.5. The van der Waals surface area contributed by atoms with Crippen molar-refractivity contribution in [3.05, 3.63) is 104 Å². The van der Waals surface area contributed by atoms with Crippen LogP contribution in [0.4, 0.5) is 22.7 Å². The van der Waals surface area contributed by atoms with Crippen LogP contribution in [0.15, 0.2) is 72.1 Å². The van der Waals surface area contributed by atoms with Gasteiger partial charge in [-0.2, -0.15) is 0 Å². The third-order valence-electron chi connectivity index (χ3n) is 7.21. The average molecular weight is 644 g/mol. The topological polar surface area (TPSA) is 188 Å². The fourth-order valence-corrected chi connectivity index (χ4v) is 5.52. The van der Waals surface area contributed by atoms with Crippen LogP contribution in [0, 0.1) is 41.0 Å². The molecule has 14 heteroatoms. The number of benzene rings is 3. The van der Waals surface area contributed by atoms with Gasteiger partial charge in [0.1, 0.15) is 15.9 Å². The molecule has 0 atom stereocenters. The molecule has 0 amide bonds. The van der Waals surface area contributed by atoms with E-state index in [-0.39, 0.29) is 31.9 Å². The number of hydrogen-bond acceptors (Lipinski definition) is 10. The Morgan fingerprint density at radius 3 is 1.64 bits per heavy atom. The first kappa shape index (κ1) is 36.7. The Hall–Kier alpha value is -4.53. The molecule has 45 heavy (non-hydrogen) atoms. The van der Waals surface area contributed by atoms with Gasteiger partial charge >= 0.3 is 0 Å². The van der Waals surface area contributed by atoms with Gasteiger partial charge in [0.15, 0.2) is 0 Å². The predicted molar refractivity (Wildman–Crippen MR) is 174 cm³/mol. The first-order chi connectivity index (χ1) is 21.1. The van der Waals surface area contributed by atoms with Crippen LogP contribution in [-0.4, -0.2) is 72.2 Å². The first-order valence-electron chi connectivity index (χ1n) is 14.2. The van der Waals surface area contributed by atoms with Gasteiger partial charge < -0.3 is 24.8 Å². The summed E-state index contributed by atoms with van der Waals surface area (Å²) in [4.78, 5) is 20.8. The molecular formula is C31H41N5O8S. The molecule has 0 bridgehead atoms. The number of quaternary nitrogens is 1. The third-order valence-corrected chi connectivity index (χ3v) is 8.18. The van der Waals surface area contributed by atoms with E-state index in [2.05, 4.69) is 24.3 Å². The molecule has 0 aliphatic carbocycles. The lowest BCUT2D eigenvalue weighted by Crippen LogP contribution is -2.46. The number of phenolic OH excluding ortho intramolecular Hbond substituents is 1. The number of nitro benzene ring substituents is 2. The average Bonchev–Trinajstić information content (AvgIpc) is 2.94. The van der Waals surface area contributed by atoms with Crippen molar-refractivity contribution in [2.24, 2.45) is 0 Å². The normalized spacial score (nSPS) is 11.2. The highest BCUT2D eigenvalue weighted by atomic mass is 32.2. The Labute approximate surface area is 263 Å². The fourth-order valence-electron chi connectivity index (χ4n) is 4.79. The molecule has 0 heterocycles. The van der Waals surface area contributed by atoms with Crippen LogP contribution in [0.3, 0.4) is 0 Å². The van der Waals surface area contributed by atoms with Gasteiger partial charge in [-0.3, -0.25) is 20.2 Å². The Morgan fingerprint density at radius 1 is 0.822 bits per heavy atom. The largest absolute Gasteiger partial charge is 0.744 e. The van der Waals surface area contributed by atoms with Gasteiger partial charge in [0.2, 0.25) is 0 Å². The Morgan fingerprint density at radius 2 is 1.29 bits per heavy atom. The SMILES string of the molecule is C=CC[N+](C)(CCCNc1ccc([N+](=O)[O-])c(C)c1)CCCNc1ccc([N+](=O)[O-])c(C)c1.Cc1ccc(O)cc1S(=O)(=O)[O-]. The molecule has 0 spiro atoms. The van der Waals surface area contributed by atoms with Crippen LogP contribution in [0.2, 0.25) is 0 Å². The second kappa shape index (κ2) is 16.5. The molecule has 0 fully saturated rings. The number of hydrogen-bond donors (Lipinski definition) is 3. The van der Waals surface area contributed by atoms with Gasteiger partial charge in [-0.05, 0) is 68.8 Å². The summed E-state index contributed by atoms with van der Waals surface area (Å²) in [5.41, 5.74) is 3.67. The Bertz CT molecular complexity index is 1540. The van der Waals surface area contributed by atoms with Crippen LogP contribution in [0.5, 0.6) is 5.75 Å². The van der Waals surface area contributed by atoms with Crippen molar-refractivity contribution in [1.29, 1.82) is 0 Å². The number of rotatable bonds is 15. The number of nitrogens with one attached hydrogen (secondary N) is 2. The Kier molecular flexibility index (Phi) is 13.5. The maximum absolute atomic E-state index is 11.0. The van der Waals surface area contributed by atoms with Gasteiger partial charge in [0.05, 0.1) is 41.4 Å². The second-order valence-electron chi connectivity index (χ2n) is 11.0. The fraction of sp³-hybridized carbons (Fsp3) is 0.355. The number of nitrogens with zero attached hydrogens (tertiary/aromatic N) is 3. The van der Waals surface area contributed by atoms with Crippen molar-refractivity contribution >= 4 is 32.9 Å². The minimum absolute atomic E-state index is 0.133. The molecule has 0 aromatic heterocycles. The monoisotopic (exact) mass is 643 g/mol. The summed E-state index contributed by atoms with van der Waals surface area (Å²) in [6.45, 7) is 13.3. The van der Waals surface area contributed by atoms with Crippen LogP contribution in [-0.2, 0) is 10.1 Å². The summed E-state index contributed by atoms with van der Waals surface area (Å²) in [5, 5.41) is 37.5. The summed E-state index contributed by atoms with van der Waals surface area (Å²) >= 11 is 0. The second-order valence-corrected chi connectivity index (χ2v) is 12.4. The molecule has 3 aromatic carbocycles. The van der Waals surface area contributed by atoms with Gasteiger partial charge in [0, 0.05) is 60.6 Å². The van der Waals surface area contributed by atoms with Crippen molar-refractivity contribution in [2.75, 3.05) is 50.4 Å². The highest BCUT2D eigenvalue weighted by Crippen LogP contribution is 2.23. The van der Waals surface area contributed by atoms with Crippen molar-refractivity contribution in [1.82, 2.24) is 0 Å². The summed E-state index contributed by atoms with van der Waals surface area (Å²) in [6, 6.07) is 13.8. The first-order valence-corrected chi connectivity index (χ1v) is 15.6. The molecule has 3 N–H and O–H groups in total. The maximum Gasteiger partial charge on any atom is 0.272 e. The van der Waals surface area contributed by atoms with E-state index in [4.69, 9.17) is 5.11 Å². The molecule has 0 saturated carbocycles. The zero-order valence-corrected chi connectivity index (χ0v) is 26.8. The summed E-state index contributed by atoms with van der Waals surface area (Å²) in [6.07, 6.45) is 3.85. The highest BCUT2D eigenvalue weighted by Gasteiger charge is 2.19. The van der Waals surface area contributed by atoms with Gasteiger partial charge in [-0.25, -0.2) is 8.42 Å². The molecule has 0 aliphatic heterocycles. The lowest BCUT2D eigenvalue weighted by Gasteiger charge is -2.34. The smallest absolute Gasteiger partial charge is 0.272 e. The van der Waals surface area contributed by atoms with Crippen molar-refractivity contribution in [2.45, 2.75) is 38.5 Å². The van der Waals surface area contributed by atoms with E-state index in [1.807, 2.05) is 18.2 Å². The number of likely N-dealkylation sites (N-methyl/N-ethyl adjacent to an activating group) is 1. The lowest BCUT2D eigenvalue weighted by atomic mass is 10.1. The van der Waals surface area contributed by atoms with Crippen molar-refractivity contribution in [3.63, 3.8) is 0 Å². The minimum Gasteiger partial charge on any atom is -0.744 e. The maximum atomic E-state index is 11.0. The molecule has 0 unspecified atom stereocenters. The summed E-state index contributed by atoms with van der Waals surface area (Å²) in [7, 11) is -2.25. The van der Waals surface area contributed by atoms with E-state index in [0.717, 1.165) is 67.5 Å². The number of nitro groups is 2. The highest BCUT2D eigenvalue weighted by molar-refractivity contribution is 7.85. The minimum atomic E-state index is -4.47. The quantitative estimate of drug-likeness (QED) is 0.0465. The van der Waals surface area contributed by atoms with Gasteiger partial charge in [0.25, 0.3) is 11.4 Å². The zero-order chi connectivity index (χ0) is 33.8. The van der Waals surface area contributed by atoms with Crippen molar-refractivity contribution in [3.8, 4) is 5.75 Å². The summed E-state index contributed by atoms with van der Waals surface area (Å²) in [5.74, 6) is -0.227. The van der Waals surface area contributed by atoms with Crippen LogP contribution >= 0.6 is 0 Å². The molecule has 3 rings (SSSR count). The standard InChI is InChI=1S/C24H34N5O4.C7H8O4S/c1-5-14-29(4,15-6-12-25-21-8-10-23(27(30)31)19(2)17-21)16-7-13-26-22-9-11-24(28(32)33)20(3)18-22;1-5-2-3-6(8)4-7(5)12(9,10)11/h5,8-11,17-18,25-26H,1,6-7,12-16H2,2-4H3;2-4,8H,1H3,(H,9,10,11)/q+1;/p-1. The van der Waals surface area contributed by atoms with E-state index in [1.165, 1.54) is 31.2 Å². The molecule has 0 radical (unpaired) electrons. The van der Waals surface area contributed by atoms with Crippen LogP contribution < -0.4 is 10.6 Å². The number of anilines is 2. The van der Waals surface area contributed by atoms with Gasteiger partial charge in [-0.1, -0.05) is 12.6 Å². The zero-order valence-electron chi connectivity index (χ0n) is 26.0. The lowest BCUT2D eigenvalue weighted by molar-refractivity contribution is -0.904. The van der Waals surface area contributed by atoms with E-state index >= 15 is 0 Å². The van der Waals surface area contributed by atoms with Crippen LogP contribution in [0.25, 0.3) is 0 Å². The number of aryl methyl sites for hydroxylation is 3. The van der Waals surface area contributed by atoms with Crippen LogP contribution in [0.1, 0.15) is 29.5 Å².